The zero-order valence-corrected chi connectivity index (χ0v) is 18.9. The van der Waals surface area contributed by atoms with Gasteiger partial charge in [0.25, 0.3) is 0 Å². The van der Waals surface area contributed by atoms with Crippen LogP contribution < -0.4 is 5.32 Å². The molecule has 1 N–H and O–H groups in total. The van der Waals surface area contributed by atoms with E-state index in [0.29, 0.717) is 5.02 Å². The van der Waals surface area contributed by atoms with E-state index in [2.05, 4.69) is 5.32 Å². The fourth-order valence-corrected chi connectivity index (χ4v) is 3.25. The van der Waals surface area contributed by atoms with Gasteiger partial charge in [0.15, 0.2) is 0 Å². The average Bonchev–Trinajstić information content (AvgIpc) is 2.62. The molecule has 0 aliphatic carbocycles. The molecule has 156 valence electrons. The van der Waals surface area contributed by atoms with Gasteiger partial charge in [-0.05, 0) is 69.9 Å². The molecule has 0 aliphatic rings. The lowest BCUT2D eigenvalue weighted by Crippen LogP contribution is -2.52. The van der Waals surface area contributed by atoms with Gasteiger partial charge in [-0.3, -0.25) is 9.59 Å². The van der Waals surface area contributed by atoms with Crippen LogP contribution >= 0.6 is 11.6 Å². The van der Waals surface area contributed by atoms with Crippen molar-refractivity contribution in [3.63, 3.8) is 0 Å². The fraction of sp³-hybridized carbons (Fsp3) is 0.417. The van der Waals surface area contributed by atoms with Gasteiger partial charge >= 0.3 is 0 Å². The van der Waals surface area contributed by atoms with Gasteiger partial charge in [0.05, 0.1) is 6.42 Å². The van der Waals surface area contributed by atoms with E-state index in [4.69, 9.17) is 11.6 Å². The van der Waals surface area contributed by atoms with Crippen molar-refractivity contribution in [3.05, 3.63) is 69.7 Å². The quantitative estimate of drug-likeness (QED) is 0.735. The molecule has 1 atom stereocenters. The van der Waals surface area contributed by atoms with Crippen LogP contribution in [0.1, 0.15) is 49.9 Å². The van der Waals surface area contributed by atoms with Gasteiger partial charge in [0.1, 0.15) is 6.04 Å². The first-order valence-electron chi connectivity index (χ1n) is 9.89. The van der Waals surface area contributed by atoms with Gasteiger partial charge in [-0.2, -0.15) is 0 Å². The lowest BCUT2D eigenvalue weighted by Gasteiger charge is -2.31. The minimum Gasteiger partial charge on any atom is -0.350 e. The Morgan fingerprint density at radius 3 is 2.31 bits per heavy atom. The largest absolute Gasteiger partial charge is 0.350 e. The third-order valence-electron chi connectivity index (χ3n) is 4.89. The minimum absolute atomic E-state index is 0.107. The highest BCUT2D eigenvalue weighted by atomic mass is 35.5. The zero-order valence-electron chi connectivity index (χ0n) is 18.2. The molecule has 4 nitrogen and oxygen atoms in total. The van der Waals surface area contributed by atoms with Crippen molar-refractivity contribution in [1.82, 2.24) is 10.2 Å². The number of carbonyl (C=O) groups excluding carboxylic acids is 2. The normalized spacial score (nSPS) is 12.4. The van der Waals surface area contributed by atoms with E-state index >= 15 is 0 Å². The van der Waals surface area contributed by atoms with Crippen molar-refractivity contribution in [1.29, 1.82) is 0 Å². The van der Waals surface area contributed by atoms with E-state index in [1.54, 1.807) is 17.9 Å². The van der Waals surface area contributed by atoms with Gasteiger partial charge in [-0.25, -0.2) is 0 Å². The zero-order chi connectivity index (χ0) is 21.8. The van der Waals surface area contributed by atoms with E-state index in [1.165, 1.54) is 5.56 Å². The topological polar surface area (TPSA) is 49.4 Å². The molecule has 0 heterocycles. The highest BCUT2D eigenvalue weighted by molar-refractivity contribution is 6.31. The van der Waals surface area contributed by atoms with Crippen molar-refractivity contribution in [2.24, 2.45) is 0 Å². The Kier molecular flexibility index (Phi) is 7.48. The van der Waals surface area contributed by atoms with Crippen LogP contribution in [0.4, 0.5) is 0 Å². The summed E-state index contributed by atoms with van der Waals surface area (Å²) in [6.07, 6.45) is 0.235. The van der Waals surface area contributed by atoms with Crippen LogP contribution in [-0.4, -0.2) is 28.3 Å². The molecule has 0 spiro atoms. The molecule has 0 radical (unpaired) electrons. The second kappa shape index (κ2) is 9.45. The molecule has 5 heteroatoms. The van der Waals surface area contributed by atoms with E-state index in [0.717, 1.165) is 16.7 Å². The number of aryl methyl sites for hydroxylation is 2. The number of halogens is 1. The second-order valence-electron chi connectivity index (χ2n) is 8.62. The van der Waals surface area contributed by atoms with Crippen molar-refractivity contribution in [2.45, 2.75) is 66.1 Å². The number of amides is 2. The van der Waals surface area contributed by atoms with Gasteiger partial charge in [-0.1, -0.05) is 48.0 Å². The molecule has 0 saturated carbocycles. The monoisotopic (exact) mass is 414 g/mol. The van der Waals surface area contributed by atoms with Crippen molar-refractivity contribution >= 4 is 23.4 Å². The fourth-order valence-electron chi connectivity index (χ4n) is 3.06. The van der Waals surface area contributed by atoms with E-state index < -0.39 is 6.04 Å². The highest BCUT2D eigenvalue weighted by Crippen LogP contribution is 2.20. The van der Waals surface area contributed by atoms with Gasteiger partial charge in [0, 0.05) is 17.1 Å². The molecule has 2 aromatic rings. The number of rotatable bonds is 6. The summed E-state index contributed by atoms with van der Waals surface area (Å²) in [7, 11) is 0. The van der Waals surface area contributed by atoms with Crippen LogP contribution in [0.25, 0.3) is 0 Å². The molecular formula is C24H31ClN2O2. The molecule has 0 aliphatic heterocycles. The standard InChI is InChI=1S/C24H31ClN2O2/c1-16-11-12-19(13-17(16)2)14-22(28)27(15-20-9-7-8-10-21(20)25)18(3)23(29)26-24(4,5)6/h7-13,18H,14-15H2,1-6H3,(H,26,29). The maximum atomic E-state index is 13.2. The number of benzene rings is 2. The highest BCUT2D eigenvalue weighted by Gasteiger charge is 2.28. The summed E-state index contributed by atoms with van der Waals surface area (Å²) in [6, 6.07) is 12.8. The smallest absolute Gasteiger partial charge is 0.242 e. The Bertz CT molecular complexity index is 887. The third kappa shape index (κ3) is 6.60. The number of carbonyl (C=O) groups is 2. The van der Waals surface area contributed by atoms with E-state index in [-0.39, 0.29) is 30.3 Å². The molecule has 2 rings (SSSR count). The first-order valence-corrected chi connectivity index (χ1v) is 10.3. The molecule has 0 fully saturated rings. The number of hydrogen-bond donors (Lipinski definition) is 1. The predicted molar refractivity (Wildman–Crippen MR) is 119 cm³/mol. The average molecular weight is 415 g/mol. The second-order valence-corrected chi connectivity index (χ2v) is 9.03. The summed E-state index contributed by atoms with van der Waals surface area (Å²) >= 11 is 6.32. The van der Waals surface area contributed by atoms with Gasteiger partial charge in [0.2, 0.25) is 11.8 Å². The Hall–Kier alpha value is -2.33. The Labute approximate surface area is 179 Å². The van der Waals surface area contributed by atoms with Crippen molar-refractivity contribution in [3.8, 4) is 0 Å². The Morgan fingerprint density at radius 1 is 1.07 bits per heavy atom. The summed E-state index contributed by atoms with van der Waals surface area (Å²) in [5.41, 5.74) is 3.71. The van der Waals surface area contributed by atoms with Gasteiger partial charge < -0.3 is 10.2 Å². The van der Waals surface area contributed by atoms with Crippen LogP contribution in [0.5, 0.6) is 0 Å². The first kappa shape index (κ1) is 23.0. The van der Waals surface area contributed by atoms with Crippen LogP contribution in [-0.2, 0) is 22.6 Å². The summed E-state index contributed by atoms with van der Waals surface area (Å²) < 4.78 is 0. The lowest BCUT2D eigenvalue weighted by atomic mass is 10.0. The number of nitrogens with one attached hydrogen (secondary N) is 1. The van der Waals surface area contributed by atoms with Crippen LogP contribution in [0.3, 0.4) is 0 Å². The molecule has 2 aromatic carbocycles. The van der Waals surface area contributed by atoms with Crippen LogP contribution in [0.2, 0.25) is 5.02 Å². The Balaban J connectivity index is 2.29. The number of hydrogen-bond acceptors (Lipinski definition) is 2. The summed E-state index contributed by atoms with van der Waals surface area (Å²) in [6.45, 7) is 11.9. The predicted octanol–water partition coefficient (Wildman–Crippen LogP) is 4.83. The van der Waals surface area contributed by atoms with Gasteiger partial charge in [-0.15, -0.1) is 0 Å². The van der Waals surface area contributed by atoms with Crippen molar-refractivity contribution < 1.29 is 9.59 Å². The lowest BCUT2D eigenvalue weighted by molar-refractivity contribution is -0.140. The first-order chi connectivity index (χ1) is 13.5. The molecule has 1 unspecified atom stereocenters. The number of nitrogens with zero attached hydrogens (tertiary/aromatic N) is 1. The SMILES string of the molecule is Cc1ccc(CC(=O)N(Cc2ccccc2Cl)C(C)C(=O)NC(C)(C)C)cc1C. The van der Waals surface area contributed by atoms with Crippen LogP contribution in [0.15, 0.2) is 42.5 Å². The molecular weight excluding hydrogens is 384 g/mol. The summed E-state index contributed by atoms with van der Waals surface area (Å²) in [5.74, 6) is -0.289. The van der Waals surface area contributed by atoms with E-state index in [1.807, 2.05) is 71.0 Å². The van der Waals surface area contributed by atoms with Crippen LogP contribution in [0, 0.1) is 13.8 Å². The minimum atomic E-state index is -0.621. The molecule has 0 bridgehead atoms. The summed E-state index contributed by atoms with van der Waals surface area (Å²) in [5, 5.41) is 3.55. The van der Waals surface area contributed by atoms with Crippen molar-refractivity contribution in [2.75, 3.05) is 0 Å². The maximum absolute atomic E-state index is 13.2. The Morgan fingerprint density at radius 2 is 1.72 bits per heavy atom. The molecule has 2 amide bonds. The third-order valence-corrected chi connectivity index (χ3v) is 5.26. The molecule has 0 aromatic heterocycles. The molecule has 0 saturated heterocycles. The molecule has 29 heavy (non-hydrogen) atoms. The maximum Gasteiger partial charge on any atom is 0.242 e. The summed E-state index contributed by atoms with van der Waals surface area (Å²) in [4.78, 5) is 27.6. The van der Waals surface area contributed by atoms with E-state index in [9.17, 15) is 9.59 Å².